The number of hydrogen-bond donors (Lipinski definition) is 4. The van der Waals surface area contributed by atoms with E-state index in [1.165, 1.54) is 12.1 Å². The van der Waals surface area contributed by atoms with Crippen molar-refractivity contribution in [3.8, 4) is 0 Å². The van der Waals surface area contributed by atoms with Crippen LogP contribution in [0.1, 0.15) is 33.3 Å². The van der Waals surface area contributed by atoms with Crippen LogP contribution in [-0.2, 0) is 6.54 Å². The lowest BCUT2D eigenvalue weighted by Gasteiger charge is -2.14. The number of carboxylic acids is 1. The SMILES string of the molecule is Cc1ccc(Nc2cc3c(cc2C(=O)O)CNC3O)c(F)c1. The van der Waals surface area contributed by atoms with E-state index in [9.17, 15) is 19.4 Å². The molecule has 0 saturated heterocycles. The molecule has 0 bridgehead atoms. The highest BCUT2D eigenvalue weighted by Crippen LogP contribution is 2.32. The minimum atomic E-state index is -1.11. The lowest BCUT2D eigenvalue weighted by molar-refractivity contribution is 0.0697. The molecule has 3 rings (SSSR count). The maximum Gasteiger partial charge on any atom is 0.337 e. The fourth-order valence-corrected chi connectivity index (χ4v) is 2.53. The first-order chi connectivity index (χ1) is 10.5. The van der Waals surface area contributed by atoms with Gasteiger partial charge in [-0.25, -0.2) is 9.18 Å². The van der Waals surface area contributed by atoms with Crippen LogP contribution in [0, 0.1) is 12.7 Å². The van der Waals surface area contributed by atoms with Gasteiger partial charge in [-0.3, -0.25) is 5.32 Å². The number of halogens is 1. The van der Waals surface area contributed by atoms with Crippen molar-refractivity contribution in [1.82, 2.24) is 5.32 Å². The van der Waals surface area contributed by atoms with Crippen LogP contribution in [0.25, 0.3) is 0 Å². The van der Waals surface area contributed by atoms with Gasteiger partial charge >= 0.3 is 5.97 Å². The summed E-state index contributed by atoms with van der Waals surface area (Å²) in [5, 5.41) is 24.8. The van der Waals surface area contributed by atoms with Crippen LogP contribution in [0.3, 0.4) is 0 Å². The fourth-order valence-electron chi connectivity index (χ4n) is 2.53. The normalized spacial score (nSPS) is 16.4. The van der Waals surface area contributed by atoms with Gasteiger partial charge < -0.3 is 15.5 Å². The number of fused-ring (bicyclic) bond motifs is 1. The van der Waals surface area contributed by atoms with E-state index < -0.39 is 18.0 Å². The first-order valence-corrected chi connectivity index (χ1v) is 6.80. The van der Waals surface area contributed by atoms with Gasteiger partial charge in [-0.05, 0) is 42.3 Å². The van der Waals surface area contributed by atoms with Crippen molar-refractivity contribution >= 4 is 17.3 Å². The second-order valence-corrected chi connectivity index (χ2v) is 5.29. The monoisotopic (exact) mass is 302 g/mol. The van der Waals surface area contributed by atoms with Crippen molar-refractivity contribution < 1.29 is 19.4 Å². The highest BCUT2D eigenvalue weighted by molar-refractivity contribution is 5.96. The van der Waals surface area contributed by atoms with E-state index in [1.807, 2.05) is 0 Å². The van der Waals surface area contributed by atoms with E-state index in [0.717, 1.165) is 11.1 Å². The van der Waals surface area contributed by atoms with E-state index >= 15 is 0 Å². The minimum absolute atomic E-state index is 0.0367. The number of rotatable bonds is 3. The number of aliphatic hydroxyl groups is 1. The Morgan fingerprint density at radius 3 is 2.77 bits per heavy atom. The quantitative estimate of drug-likeness (QED) is 0.701. The molecular weight excluding hydrogens is 287 g/mol. The third-order valence-corrected chi connectivity index (χ3v) is 3.68. The second-order valence-electron chi connectivity index (χ2n) is 5.29. The average molecular weight is 302 g/mol. The van der Waals surface area contributed by atoms with Crippen LogP contribution < -0.4 is 10.6 Å². The number of nitrogens with one attached hydrogen (secondary N) is 2. The topological polar surface area (TPSA) is 81.6 Å². The molecule has 1 aliphatic heterocycles. The number of anilines is 2. The highest BCUT2D eigenvalue weighted by Gasteiger charge is 2.24. The number of aromatic carboxylic acids is 1. The van der Waals surface area contributed by atoms with E-state index in [-0.39, 0.29) is 16.9 Å². The fraction of sp³-hybridized carbons (Fsp3) is 0.188. The Labute approximate surface area is 126 Å². The summed E-state index contributed by atoms with van der Waals surface area (Å²) in [5.41, 5.74) is 2.56. The van der Waals surface area contributed by atoms with Gasteiger partial charge in [0, 0.05) is 12.1 Å². The molecule has 0 spiro atoms. The van der Waals surface area contributed by atoms with Gasteiger partial charge in [-0.15, -0.1) is 0 Å². The number of hydrogen-bond acceptors (Lipinski definition) is 4. The first kappa shape index (κ1) is 14.5. The van der Waals surface area contributed by atoms with E-state index in [2.05, 4.69) is 10.6 Å². The highest BCUT2D eigenvalue weighted by atomic mass is 19.1. The summed E-state index contributed by atoms with van der Waals surface area (Å²) in [5.74, 6) is -1.57. The first-order valence-electron chi connectivity index (χ1n) is 6.80. The summed E-state index contributed by atoms with van der Waals surface area (Å²) in [6.07, 6.45) is -0.846. The predicted molar refractivity (Wildman–Crippen MR) is 79.6 cm³/mol. The van der Waals surface area contributed by atoms with Crippen LogP contribution >= 0.6 is 0 Å². The second kappa shape index (κ2) is 5.40. The van der Waals surface area contributed by atoms with Gasteiger partial charge in [-0.1, -0.05) is 6.07 Å². The molecule has 1 unspecified atom stereocenters. The maximum atomic E-state index is 13.9. The summed E-state index contributed by atoms with van der Waals surface area (Å²) < 4.78 is 13.9. The molecule has 2 aromatic carbocycles. The largest absolute Gasteiger partial charge is 0.478 e. The number of carbonyl (C=O) groups is 1. The Hall–Kier alpha value is -2.44. The van der Waals surface area contributed by atoms with E-state index in [4.69, 9.17) is 0 Å². The molecule has 6 heteroatoms. The number of aliphatic hydroxyl groups excluding tert-OH is 1. The molecule has 0 fully saturated rings. The van der Waals surface area contributed by atoms with Gasteiger partial charge in [0.1, 0.15) is 12.0 Å². The zero-order valence-electron chi connectivity index (χ0n) is 11.9. The Morgan fingerprint density at radius 2 is 2.09 bits per heavy atom. The molecule has 1 heterocycles. The van der Waals surface area contributed by atoms with E-state index in [0.29, 0.717) is 12.1 Å². The molecule has 1 aliphatic rings. The number of carboxylic acid groups (broad SMARTS) is 1. The summed E-state index contributed by atoms with van der Waals surface area (Å²) in [4.78, 5) is 11.4. The van der Waals surface area contributed by atoms with Crippen molar-refractivity contribution in [3.05, 3.63) is 58.4 Å². The predicted octanol–water partition coefficient (Wildman–Crippen LogP) is 2.67. The molecule has 4 N–H and O–H groups in total. The van der Waals surface area contributed by atoms with Crippen molar-refractivity contribution in [2.45, 2.75) is 19.7 Å². The molecule has 0 amide bonds. The zero-order valence-corrected chi connectivity index (χ0v) is 11.9. The maximum absolute atomic E-state index is 13.9. The Morgan fingerprint density at radius 1 is 1.32 bits per heavy atom. The smallest absolute Gasteiger partial charge is 0.337 e. The van der Waals surface area contributed by atoms with Crippen LogP contribution in [0.4, 0.5) is 15.8 Å². The molecule has 114 valence electrons. The Bertz CT molecular complexity index is 761. The Kier molecular flexibility index (Phi) is 3.56. The van der Waals surface area contributed by atoms with Crippen molar-refractivity contribution in [2.24, 2.45) is 0 Å². The zero-order chi connectivity index (χ0) is 15.9. The summed E-state index contributed by atoms with van der Waals surface area (Å²) >= 11 is 0. The summed E-state index contributed by atoms with van der Waals surface area (Å²) in [6, 6.07) is 7.69. The molecule has 5 nitrogen and oxygen atoms in total. The summed E-state index contributed by atoms with van der Waals surface area (Å²) in [6.45, 7) is 2.17. The third-order valence-electron chi connectivity index (χ3n) is 3.68. The molecule has 0 aliphatic carbocycles. The van der Waals surface area contributed by atoms with Crippen molar-refractivity contribution in [3.63, 3.8) is 0 Å². The average Bonchev–Trinajstić information content (AvgIpc) is 2.82. The van der Waals surface area contributed by atoms with Gasteiger partial charge in [0.2, 0.25) is 0 Å². The van der Waals surface area contributed by atoms with Gasteiger partial charge in [0.15, 0.2) is 0 Å². The van der Waals surface area contributed by atoms with Gasteiger partial charge in [0.05, 0.1) is 16.9 Å². The molecule has 22 heavy (non-hydrogen) atoms. The number of aryl methyl sites for hydroxylation is 1. The lowest BCUT2D eigenvalue weighted by atomic mass is 10.0. The van der Waals surface area contributed by atoms with Crippen LogP contribution in [0.15, 0.2) is 30.3 Å². The standard InChI is InChI=1S/C16H15FN2O3/c1-8-2-3-13(12(17)4-8)19-14-6-10-9(7-18-15(10)20)5-11(14)16(21)22/h2-6,15,18-20H,7H2,1H3,(H,21,22). The molecule has 0 aromatic heterocycles. The molecule has 2 aromatic rings. The summed E-state index contributed by atoms with van der Waals surface area (Å²) in [7, 11) is 0. The lowest BCUT2D eigenvalue weighted by Crippen LogP contribution is -2.10. The van der Waals surface area contributed by atoms with Gasteiger partial charge in [0.25, 0.3) is 0 Å². The van der Waals surface area contributed by atoms with Crippen LogP contribution in [0.2, 0.25) is 0 Å². The van der Waals surface area contributed by atoms with Crippen LogP contribution in [-0.4, -0.2) is 16.2 Å². The molecule has 0 radical (unpaired) electrons. The minimum Gasteiger partial charge on any atom is -0.478 e. The third kappa shape index (κ3) is 2.54. The number of benzene rings is 2. The van der Waals surface area contributed by atoms with E-state index in [1.54, 1.807) is 25.1 Å². The van der Waals surface area contributed by atoms with Crippen molar-refractivity contribution in [1.29, 1.82) is 0 Å². The molecular formula is C16H15FN2O3. The Balaban J connectivity index is 2.05. The molecule has 0 saturated carbocycles. The van der Waals surface area contributed by atoms with Gasteiger partial charge in [-0.2, -0.15) is 0 Å². The van der Waals surface area contributed by atoms with Crippen molar-refractivity contribution in [2.75, 3.05) is 5.32 Å². The molecule has 1 atom stereocenters. The van der Waals surface area contributed by atoms with Crippen LogP contribution in [0.5, 0.6) is 0 Å².